The number of nitriles is 1. The summed E-state index contributed by atoms with van der Waals surface area (Å²) in [6.07, 6.45) is 3.86. The molecular formula is C18H23N5. The van der Waals surface area contributed by atoms with E-state index in [1.54, 1.807) is 0 Å². The number of imidazole rings is 1. The molecule has 0 aliphatic carbocycles. The molecule has 1 aromatic heterocycles. The summed E-state index contributed by atoms with van der Waals surface area (Å²) in [6.45, 7) is 7.33. The number of rotatable bonds is 4. The van der Waals surface area contributed by atoms with Crippen LogP contribution in [0.1, 0.15) is 23.9 Å². The Kier molecular flexibility index (Phi) is 4.75. The topological polar surface area (TPSA) is 48.1 Å². The minimum Gasteiger partial charge on any atom is -0.337 e. The van der Waals surface area contributed by atoms with Crippen LogP contribution in [0.5, 0.6) is 0 Å². The smallest absolute Gasteiger partial charge is 0.122 e. The standard InChI is InChI=1S/C18H23N5/c1-15-12-22(13-17-5-3-16(11-19)4-6-17)9-10-23(15)14-18-20-7-8-21(18)2/h3-8,15H,9-10,12-14H2,1-2H3. The van der Waals surface area contributed by atoms with Crippen LogP contribution >= 0.6 is 0 Å². The highest BCUT2D eigenvalue weighted by Crippen LogP contribution is 2.15. The zero-order valence-corrected chi connectivity index (χ0v) is 13.8. The van der Waals surface area contributed by atoms with Gasteiger partial charge < -0.3 is 4.57 Å². The van der Waals surface area contributed by atoms with E-state index in [0.29, 0.717) is 6.04 Å². The van der Waals surface area contributed by atoms with Crippen molar-refractivity contribution in [2.24, 2.45) is 7.05 Å². The van der Waals surface area contributed by atoms with Crippen LogP contribution in [0.3, 0.4) is 0 Å². The molecule has 2 heterocycles. The number of nitrogens with zero attached hydrogens (tertiary/aromatic N) is 5. The van der Waals surface area contributed by atoms with Gasteiger partial charge in [0.15, 0.2) is 0 Å². The molecule has 1 aliphatic rings. The third kappa shape index (κ3) is 3.79. The summed E-state index contributed by atoms with van der Waals surface area (Å²) in [5.41, 5.74) is 2.00. The molecular weight excluding hydrogens is 286 g/mol. The van der Waals surface area contributed by atoms with Gasteiger partial charge in [-0.15, -0.1) is 0 Å². The minimum atomic E-state index is 0.513. The highest BCUT2D eigenvalue weighted by molar-refractivity contribution is 5.31. The quantitative estimate of drug-likeness (QED) is 0.867. The molecule has 0 bridgehead atoms. The van der Waals surface area contributed by atoms with Gasteiger partial charge >= 0.3 is 0 Å². The second-order valence-electron chi connectivity index (χ2n) is 6.32. The zero-order chi connectivity index (χ0) is 16.2. The van der Waals surface area contributed by atoms with E-state index in [2.05, 4.69) is 44.5 Å². The lowest BCUT2D eigenvalue weighted by Gasteiger charge is -2.39. The van der Waals surface area contributed by atoms with Crippen molar-refractivity contribution in [3.05, 3.63) is 53.6 Å². The van der Waals surface area contributed by atoms with E-state index in [9.17, 15) is 0 Å². The number of benzene rings is 1. The average molecular weight is 309 g/mol. The third-order valence-corrected chi connectivity index (χ3v) is 4.60. The first-order chi connectivity index (χ1) is 11.2. The van der Waals surface area contributed by atoms with Gasteiger partial charge in [0.1, 0.15) is 5.82 Å². The fourth-order valence-electron chi connectivity index (χ4n) is 3.12. The van der Waals surface area contributed by atoms with Crippen LogP contribution in [0.25, 0.3) is 0 Å². The molecule has 23 heavy (non-hydrogen) atoms. The van der Waals surface area contributed by atoms with Crippen molar-refractivity contribution < 1.29 is 0 Å². The van der Waals surface area contributed by atoms with E-state index in [1.165, 1.54) is 5.56 Å². The molecule has 1 fully saturated rings. The number of piperazine rings is 1. The first-order valence-electron chi connectivity index (χ1n) is 8.07. The van der Waals surface area contributed by atoms with Crippen molar-refractivity contribution in [2.45, 2.75) is 26.1 Å². The van der Waals surface area contributed by atoms with Gasteiger partial charge in [-0.3, -0.25) is 9.80 Å². The van der Waals surface area contributed by atoms with Gasteiger partial charge in [0.2, 0.25) is 0 Å². The normalized spacial score (nSPS) is 19.6. The molecule has 5 heteroatoms. The molecule has 0 N–H and O–H groups in total. The van der Waals surface area contributed by atoms with Gasteiger partial charge in [0.05, 0.1) is 18.2 Å². The molecule has 5 nitrogen and oxygen atoms in total. The van der Waals surface area contributed by atoms with Gasteiger partial charge in [-0.1, -0.05) is 12.1 Å². The van der Waals surface area contributed by atoms with E-state index in [0.717, 1.165) is 44.1 Å². The van der Waals surface area contributed by atoms with Gasteiger partial charge in [-0.25, -0.2) is 4.98 Å². The number of hydrogen-bond donors (Lipinski definition) is 0. The molecule has 0 radical (unpaired) electrons. The molecule has 0 amide bonds. The van der Waals surface area contributed by atoms with Crippen molar-refractivity contribution in [1.29, 1.82) is 5.26 Å². The van der Waals surface area contributed by atoms with E-state index < -0.39 is 0 Å². The molecule has 120 valence electrons. The molecule has 1 aliphatic heterocycles. The lowest BCUT2D eigenvalue weighted by atomic mass is 10.1. The molecule has 1 aromatic carbocycles. The van der Waals surface area contributed by atoms with Crippen LogP contribution in [-0.4, -0.2) is 45.0 Å². The lowest BCUT2D eigenvalue weighted by molar-refractivity contribution is 0.0707. The Hall–Kier alpha value is -2.16. The number of aromatic nitrogens is 2. The average Bonchev–Trinajstić information content (AvgIpc) is 2.96. The highest BCUT2D eigenvalue weighted by atomic mass is 15.3. The fraction of sp³-hybridized carbons (Fsp3) is 0.444. The first-order valence-corrected chi connectivity index (χ1v) is 8.07. The Morgan fingerprint density at radius 2 is 2.00 bits per heavy atom. The molecule has 3 rings (SSSR count). The Labute approximate surface area is 137 Å². The van der Waals surface area contributed by atoms with Crippen LogP contribution in [0.2, 0.25) is 0 Å². The van der Waals surface area contributed by atoms with Gasteiger partial charge in [-0.2, -0.15) is 5.26 Å². The Morgan fingerprint density at radius 1 is 1.22 bits per heavy atom. The third-order valence-electron chi connectivity index (χ3n) is 4.60. The van der Waals surface area contributed by atoms with Crippen LogP contribution in [0.4, 0.5) is 0 Å². The summed E-state index contributed by atoms with van der Waals surface area (Å²) in [5, 5.41) is 8.87. The summed E-state index contributed by atoms with van der Waals surface area (Å²) >= 11 is 0. The second-order valence-corrected chi connectivity index (χ2v) is 6.32. The van der Waals surface area contributed by atoms with Crippen molar-refractivity contribution in [1.82, 2.24) is 19.4 Å². The first kappa shape index (κ1) is 15.7. The summed E-state index contributed by atoms with van der Waals surface area (Å²) in [7, 11) is 2.05. The number of aryl methyl sites for hydroxylation is 1. The van der Waals surface area contributed by atoms with E-state index in [-0.39, 0.29) is 0 Å². The van der Waals surface area contributed by atoms with Crippen LogP contribution < -0.4 is 0 Å². The molecule has 1 saturated heterocycles. The maximum Gasteiger partial charge on any atom is 0.122 e. The number of hydrogen-bond acceptors (Lipinski definition) is 4. The van der Waals surface area contributed by atoms with Crippen molar-refractivity contribution >= 4 is 0 Å². The predicted molar refractivity (Wildman–Crippen MR) is 89.5 cm³/mol. The fourth-order valence-corrected chi connectivity index (χ4v) is 3.12. The molecule has 1 unspecified atom stereocenters. The Morgan fingerprint density at radius 3 is 2.61 bits per heavy atom. The molecule has 2 aromatic rings. The van der Waals surface area contributed by atoms with E-state index >= 15 is 0 Å². The van der Waals surface area contributed by atoms with E-state index in [1.807, 2.05) is 31.6 Å². The Bertz CT molecular complexity index is 682. The summed E-state index contributed by atoms with van der Waals surface area (Å²) in [4.78, 5) is 9.41. The van der Waals surface area contributed by atoms with Crippen LogP contribution in [0, 0.1) is 11.3 Å². The Balaban J connectivity index is 1.55. The second kappa shape index (κ2) is 6.95. The zero-order valence-electron chi connectivity index (χ0n) is 13.8. The van der Waals surface area contributed by atoms with E-state index in [4.69, 9.17) is 5.26 Å². The maximum atomic E-state index is 8.87. The lowest BCUT2D eigenvalue weighted by Crippen LogP contribution is -2.51. The monoisotopic (exact) mass is 309 g/mol. The largest absolute Gasteiger partial charge is 0.337 e. The summed E-state index contributed by atoms with van der Waals surface area (Å²) < 4.78 is 2.09. The minimum absolute atomic E-state index is 0.513. The van der Waals surface area contributed by atoms with Gasteiger partial charge in [-0.05, 0) is 24.6 Å². The maximum absolute atomic E-state index is 8.87. The molecule has 1 atom stereocenters. The van der Waals surface area contributed by atoms with Gasteiger partial charge in [0, 0.05) is 51.7 Å². The van der Waals surface area contributed by atoms with Crippen LogP contribution in [0.15, 0.2) is 36.7 Å². The SMILES string of the molecule is CC1CN(Cc2ccc(C#N)cc2)CCN1Cc1nccn1C. The van der Waals surface area contributed by atoms with Crippen molar-refractivity contribution in [2.75, 3.05) is 19.6 Å². The van der Waals surface area contributed by atoms with Gasteiger partial charge in [0.25, 0.3) is 0 Å². The summed E-state index contributed by atoms with van der Waals surface area (Å²) in [5.74, 6) is 1.12. The molecule has 0 spiro atoms. The molecule has 0 saturated carbocycles. The summed E-state index contributed by atoms with van der Waals surface area (Å²) in [6, 6.07) is 10.6. The van der Waals surface area contributed by atoms with Crippen molar-refractivity contribution in [3.63, 3.8) is 0 Å². The van der Waals surface area contributed by atoms with Crippen LogP contribution in [-0.2, 0) is 20.1 Å². The predicted octanol–water partition coefficient (Wildman–Crippen LogP) is 2.00. The highest BCUT2D eigenvalue weighted by Gasteiger charge is 2.24. The van der Waals surface area contributed by atoms with Crippen molar-refractivity contribution in [3.8, 4) is 6.07 Å².